The molecule has 1 aromatic rings. The average molecular weight is 324 g/mol. The molecular formula is C14H18BrN3O. The minimum Gasteiger partial charge on any atom is -0.350 e. The lowest BCUT2D eigenvalue weighted by Crippen LogP contribution is -2.33. The minimum atomic E-state index is -0.208. The molecule has 1 heterocycles. The third kappa shape index (κ3) is 4.64. The molecule has 4 nitrogen and oxygen atoms in total. The zero-order valence-corrected chi connectivity index (χ0v) is 12.8. The number of hydrogen-bond donors (Lipinski definition) is 1. The quantitative estimate of drug-likeness (QED) is 0.818. The fourth-order valence-corrected chi connectivity index (χ4v) is 2.75. The molecule has 1 atom stereocenters. The van der Waals surface area contributed by atoms with Crippen molar-refractivity contribution in [2.24, 2.45) is 5.92 Å². The van der Waals surface area contributed by atoms with Gasteiger partial charge in [0.1, 0.15) is 11.8 Å². The van der Waals surface area contributed by atoms with Gasteiger partial charge >= 0.3 is 0 Å². The molecule has 0 saturated heterocycles. The molecule has 0 aliphatic heterocycles. The molecule has 5 heteroatoms. The van der Waals surface area contributed by atoms with Crippen molar-refractivity contribution in [1.29, 1.82) is 5.26 Å². The summed E-state index contributed by atoms with van der Waals surface area (Å²) in [4.78, 5) is 16.1. The first-order valence-corrected chi connectivity index (χ1v) is 7.32. The Bertz CT molecular complexity index is 449. The van der Waals surface area contributed by atoms with Crippen molar-refractivity contribution in [2.45, 2.75) is 31.5 Å². The van der Waals surface area contributed by atoms with Gasteiger partial charge < -0.3 is 5.32 Å². The van der Waals surface area contributed by atoms with E-state index in [1.807, 2.05) is 6.07 Å². The van der Waals surface area contributed by atoms with Gasteiger partial charge in [0, 0.05) is 17.6 Å². The molecule has 1 N–H and O–H groups in total. The van der Waals surface area contributed by atoms with Crippen LogP contribution >= 0.6 is 15.9 Å². The molecule has 1 amide bonds. The fourth-order valence-electron chi connectivity index (χ4n) is 1.84. The van der Waals surface area contributed by atoms with Crippen molar-refractivity contribution in [3.63, 3.8) is 0 Å². The number of aromatic nitrogens is 1. The predicted octanol–water partition coefficient (Wildman–Crippen LogP) is 2.88. The third-order valence-corrected chi connectivity index (χ3v) is 4.21. The maximum atomic E-state index is 11.9. The van der Waals surface area contributed by atoms with Crippen LogP contribution in [0.25, 0.3) is 0 Å². The maximum Gasteiger partial charge on any atom is 0.269 e. The molecule has 0 aliphatic rings. The van der Waals surface area contributed by atoms with E-state index in [0.29, 0.717) is 23.7 Å². The van der Waals surface area contributed by atoms with Crippen LogP contribution in [0, 0.1) is 17.2 Å². The number of nitrogens with zero attached hydrogens (tertiary/aromatic N) is 2. The number of hydrogen-bond acceptors (Lipinski definition) is 3. The fraction of sp³-hybridized carbons (Fsp3) is 0.500. The van der Waals surface area contributed by atoms with Crippen molar-refractivity contribution in [1.82, 2.24) is 10.3 Å². The van der Waals surface area contributed by atoms with Crippen LogP contribution in [0.5, 0.6) is 0 Å². The third-order valence-electron chi connectivity index (χ3n) is 3.14. The molecule has 1 aromatic heterocycles. The first kappa shape index (κ1) is 15.6. The van der Waals surface area contributed by atoms with Gasteiger partial charge in [-0.2, -0.15) is 5.26 Å². The van der Waals surface area contributed by atoms with E-state index in [1.54, 1.807) is 12.1 Å². The van der Waals surface area contributed by atoms with E-state index >= 15 is 0 Å². The second kappa shape index (κ2) is 7.90. The van der Waals surface area contributed by atoms with E-state index in [4.69, 9.17) is 5.26 Å². The molecule has 0 spiro atoms. The van der Waals surface area contributed by atoms with Crippen LogP contribution in [0.2, 0.25) is 0 Å². The minimum absolute atomic E-state index is 0.208. The van der Waals surface area contributed by atoms with Gasteiger partial charge in [-0.3, -0.25) is 4.79 Å². The number of rotatable bonds is 6. The Morgan fingerprint density at radius 3 is 2.63 bits per heavy atom. The lowest BCUT2D eigenvalue weighted by Gasteiger charge is -2.19. The second-order valence-corrected chi connectivity index (χ2v) is 5.52. The van der Waals surface area contributed by atoms with E-state index in [2.05, 4.69) is 40.1 Å². The highest BCUT2D eigenvalue weighted by Crippen LogP contribution is 2.19. The van der Waals surface area contributed by atoms with Gasteiger partial charge in [-0.1, -0.05) is 42.6 Å². The normalized spacial score (nSPS) is 11.9. The highest BCUT2D eigenvalue weighted by Gasteiger charge is 2.16. The first-order valence-electron chi connectivity index (χ1n) is 6.40. The Hall–Kier alpha value is -1.41. The van der Waals surface area contributed by atoms with Crippen molar-refractivity contribution in [2.75, 3.05) is 6.54 Å². The van der Waals surface area contributed by atoms with E-state index in [0.717, 1.165) is 12.8 Å². The number of carbonyl (C=O) groups is 1. The standard InChI is InChI=1S/C14H18BrN3O/c1-3-11(4-2)12(15)9-18-14(19)13-6-5-10(7-16)8-17-13/h5-6,8,11-12H,3-4,9H2,1-2H3,(H,18,19). The molecule has 1 rings (SSSR count). The van der Waals surface area contributed by atoms with Crippen molar-refractivity contribution >= 4 is 21.8 Å². The topological polar surface area (TPSA) is 65.8 Å². The van der Waals surface area contributed by atoms with Gasteiger partial charge in [0.2, 0.25) is 0 Å². The van der Waals surface area contributed by atoms with Gasteiger partial charge in [-0.15, -0.1) is 0 Å². The van der Waals surface area contributed by atoms with Crippen LogP contribution in [0.3, 0.4) is 0 Å². The SMILES string of the molecule is CCC(CC)C(Br)CNC(=O)c1ccc(C#N)cn1. The Morgan fingerprint density at radius 2 is 2.16 bits per heavy atom. The number of carbonyl (C=O) groups excluding carboxylic acids is 1. The van der Waals surface area contributed by atoms with Crippen LogP contribution in [0.1, 0.15) is 42.7 Å². The zero-order valence-electron chi connectivity index (χ0n) is 11.2. The van der Waals surface area contributed by atoms with Crippen molar-refractivity contribution < 1.29 is 4.79 Å². The largest absolute Gasteiger partial charge is 0.350 e. The Labute approximate surface area is 122 Å². The number of nitrogens with one attached hydrogen (secondary N) is 1. The smallest absolute Gasteiger partial charge is 0.269 e. The van der Waals surface area contributed by atoms with Crippen LogP contribution < -0.4 is 5.32 Å². The van der Waals surface area contributed by atoms with Crippen molar-refractivity contribution in [3.8, 4) is 6.07 Å². The van der Waals surface area contributed by atoms with E-state index in [1.165, 1.54) is 6.20 Å². The first-order chi connectivity index (χ1) is 9.12. The Kier molecular flexibility index (Phi) is 6.51. The summed E-state index contributed by atoms with van der Waals surface area (Å²) >= 11 is 3.61. The molecule has 1 unspecified atom stereocenters. The molecule has 102 valence electrons. The summed E-state index contributed by atoms with van der Waals surface area (Å²) in [5.74, 6) is 0.342. The predicted molar refractivity (Wildman–Crippen MR) is 78.1 cm³/mol. The lowest BCUT2D eigenvalue weighted by atomic mass is 9.99. The number of amides is 1. The maximum absolute atomic E-state index is 11.9. The van der Waals surface area contributed by atoms with Gasteiger partial charge in [0.25, 0.3) is 5.91 Å². The summed E-state index contributed by atoms with van der Waals surface area (Å²) in [6, 6.07) is 5.13. The average Bonchev–Trinajstić information content (AvgIpc) is 2.46. The summed E-state index contributed by atoms with van der Waals surface area (Å²) in [6.07, 6.45) is 3.57. The monoisotopic (exact) mass is 323 g/mol. The van der Waals surface area contributed by atoms with Gasteiger partial charge in [-0.25, -0.2) is 4.98 Å². The molecule has 0 radical (unpaired) electrons. The van der Waals surface area contributed by atoms with E-state index in [9.17, 15) is 4.79 Å². The van der Waals surface area contributed by atoms with E-state index < -0.39 is 0 Å². The number of pyridine rings is 1. The summed E-state index contributed by atoms with van der Waals surface area (Å²) in [5, 5.41) is 11.5. The molecule has 0 aliphatic carbocycles. The Morgan fingerprint density at radius 1 is 1.47 bits per heavy atom. The summed E-state index contributed by atoms with van der Waals surface area (Å²) < 4.78 is 0. The Balaban J connectivity index is 2.53. The van der Waals surface area contributed by atoms with Crippen LogP contribution in [0.15, 0.2) is 18.3 Å². The highest BCUT2D eigenvalue weighted by atomic mass is 79.9. The molecular weight excluding hydrogens is 306 g/mol. The number of halogens is 1. The van der Waals surface area contributed by atoms with Gasteiger partial charge in [-0.05, 0) is 18.1 Å². The molecule has 0 saturated carbocycles. The zero-order chi connectivity index (χ0) is 14.3. The molecule has 0 aromatic carbocycles. The number of nitriles is 1. The number of alkyl halides is 1. The summed E-state index contributed by atoms with van der Waals surface area (Å²) in [7, 11) is 0. The van der Waals surface area contributed by atoms with Gasteiger partial charge in [0.15, 0.2) is 0 Å². The lowest BCUT2D eigenvalue weighted by molar-refractivity contribution is 0.0947. The van der Waals surface area contributed by atoms with Crippen molar-refractivity contribution in [3.05, 3.63) is 29.6 Å². The molecule has 0 fully saturated rings. The van der Waals surface area contributed by atoms with Crippen LogP contribution in [-0.2, 0) is 0 Å². The summed E-state index contributed by atoms with van der Waals surface area (Å²) in [6.45, 7) is 4.87. The molecule has 19 heavy (non-hydrogen) atoms. The second-order valence-electron chi connectivity index (χ2n) is 4.35. The van der Waals surface area contributed by atoms with Crippen LogP contribution in [-0.4, -0.2) is 22.3 Å². The van der Waals surface area contributed by atoms with E-state index in [-0.39, 0.29) is 10.7 Å². The summed E-state index contributed by atoms with van der Waals surface area (Å²) in [5.41, 5.74) is 0.787. The van der Waals surface area contributed by atoms with Crippen LogP contribution in [0.4, 0.5) is 0 Å². The molecule has 0 bridgehead atoms. The highest BCUT2D eigenvalue weighted by molar-refractivity contribution is 9.09. The van der Waals surface area contributed by atoms with Gasteiger partial charge in [0.05, 0.1) is 5.56 Å².